The number of benzene rings is 1. The molecule has 0 aromatic heterocycles. The van der Waals surface area contributed by atoms with Gasteiger partial charge in [0.1, 0.15) is 5.75 Å². The standard InChI is InChI=1S/C19H31NO/c1-4-7-15(8-5-2)19(20-12-6-3)17-9-10-18-16(14-17)11-13-21-18/h9-10,14-15,19-20H,4-8,11-13H2,1-3H3. The van der Waals surface area contributed by atoms with Crippen molar-refractivity contribution in [2.75, 3.05) is 13.2 Å². The van der Waals surface area contributed by atoms with E-state index in [4.69, 9.17) is 4.74 Å². The van der Waals surface area contributed by atoms with Gasteiger partial charge in [-0.1, -0.05) is 45.7 Å². The van der Waals surface area contributed by atoms with Gasteiger partial charge in [-0.3, -0.25) is 0 Å². The van der Waals surface area contributed by atoms with Crippen LogP contribution in [0.4, 0.5) is 0 Å². The fourth-order valence-corrected chi connectivity index (χ4v) is 3.48. The molecule has 2 nitrogen and oxygen atoms in total. The topological polar surface area (TPSA) is 21.3 Å². The van der Waals surface area contributed by atoms with Crippen molar-refractivity contribution in [2.45, 2.75) is 65.3 Å². The van der Waals surface area contributed by atoms with Crippen LogP contribution in [0.5, 0.6) is 5.75 Å². The van der Waals surface area contributed by atoms with Crippen molar-refractivity contribution in [3.05, 3.63) is 29.3 Å². The zero-order valence-electron chi connectivity index (χ0n) is 14.0. The zero-order chi connectivity index (χ0) is 15.1. The Balaban J connectivity index is 2.20. The van der Waals surface area contributed by atoms with Crippen LogP contribution < -0.4 is 10.1 Å². The first kappa shape index (κ1) is 16.4. The molecule has 0 saturated heterocycles. The second kappa shape index (κ2) is 8.43. The SMILES string of the molecule is CCCNC(c1ccc2c(c1)CCO2)C(CCC)CCC. The highest BCUT2D eigenvalue weighted by Crippen LogP contribution is 2.34. The molecule has 2 rings (SSSR count). The van der Waals surface area contributed by atoms with Crippen LogP contribution in [0.3, 0.4) is 0 Å². The van der Waals surface area contributed by atoms with Crippen molar-refractivity contribution in [3.8, 4) is 5.75 Å². The molecule has 1 aliphatic heterocycles. The Kier molecular flexibility index (Phi) is 6.56. The minimum absolute atomic E-state index is 0.496. The molecular weight excluding hydrogens is 258 g/mol. The first-order valence-electron chi connectivity index (χ1n) is 8.79. The van der Waals surface area contributed by atoms with Gasteiger partial charge in [0.15, 0.2) is 0 Å². The van der Waals surface area contributed by atoms with Crippen molar-refractivity contribution in [2.24, 2.45) is 5.92 Å². The molecule has 0 aliphatic carbocycles. The van der Waals surface area contributed by atoms with Gasteiger partial charge in [-0.15, -0.1) is 0 Å². The molecule has 2 heteroatoms. The zero-order valence-corrected chi connectivity index (χ0v) is 14.0. The van der Waals surface area contributed by atoms with Gasteiger partial charge in [0.2, 0.25) is 0 Å². The Morgan fingerprint density at radius 3 is 2.52 bits per heavy atom. The lowest BCUT2D eigenvalue weighted by atomic mass is 9.85. The third-order valence-electron chi connectivity index (χ3n) is 4.48. The molecule has 0 fully saturated rings. The van der Waals surface area contributed by atoms with Crippen molar-refractivity contribution in [3.63, 3.8) is 0 Å². The quantitative estimate of drug-likeness (QED) is 0.699. The summed E-state index contributed by atoms with van der Waals surface area (Å²) in [5.41, 5.74) is 2.85. The maximum atomic E-state index is 5.65. The Morgan fingerprint density at radius 1 is 1.10 bits per heavy atom. The largest absolute Gasteiger partial charge is 0.493 e. The summed E-state index contributed by atoms with van der Waals surface area (Å²) in [7, 11) is 0. The number of hydrogen-bond acceptors (Lipinski definition) is 2. The molecule has 21 heavy (non-hydrogen) atoms. The second-order valence-corrected chi connectivity index (χ2v) is 6.23. The summed E-state index contributed by atoms with van der Waals surface area (Å²) in [4.78, 5) is 0. The first-order chi connectivity index (χ1) is 10.3. The van der Waals surface area contributed by atoms with Crippen LogP contribution in [0.25, 0.3) is 0 Å². The third kappa shape index (κ3) is 4.23. The first-order valence-corrected chi connectivity index (χ1v) is 8.79. The van der Waals surface area contributed by atoms with Crippen LogP contribution >= 0.6 is 0 Å². The van der Waals surface area contributed by atoms with Gasteiger partial charge in [0.05, 0.1) is 6.61 Å². The molecule has 1 heterocycles. The Hall–Kier alpha value is -1.02. The molecule has 0 bridgehead atoms. The minimum atomic E-state index is 0.496. The molecule has 0 spiro atoms. The van der Waals surface area contributed by atoms with Gasteiger partial charge < -0.3 is 10.1 Å². The third-order valence-corrected chi connectivity index (χ3v) is 4.48. The summed E-state index contributed by atoms with van der Waals surface area (Å²) in [5, 5.41) is 3.81. The van der Waals surface area contributed by atoms with Crippen LogP contribution in [0.2, 0.25) is 0 Å². The average Bonchev–Trinajstić information content (AvgIpc) is 2.95. The number of nitrogens with one attached hydrogen (secondary N) is 1. The van der Waals surface area contributed by atoms with Gasteiger partial charge in [0, 0.05) is 12.5 Å². The van der Waals surface area contributed by atoms with Crippen molar-refractivity contribution in [1.29, 1.82) is 0 Å². The molecule has 1 atom stereocenters. The number of fused-ring (bicyclic) bond motifs is 1. The van der Waals surface area contributed by atoms with E-state index in [1.54, 1.807) is 0 Å². The van der Waals surface area contributed by atoms with E-state index in [0.29, 0.717) is 6.04 Å². The van der Waals surface area contributed by atoms with Crippen LogP contribution in [0, 0.1) is 5.92 Å². The summed E-state index contributed by atoms with van der Waals surface area (Å²) < 4.78 is 5.65. The summed E-state index contributed by atoms with van der Waals surface area (Å²) >= 11 is 0. The van der Waals surface area contributed by atoms with Gasteiger partial charge in [-0.2, -0.15) is 0 Å². The monoisotopic (exact) mass is 289 g/mol. The molecule has 118 valence electrons. The van der Waals surface area contributed by atoms with Gasteiger partial charge in [-0.05, 0) is 48.9 Å². The molecule has 0 saturated carbocycles. The van der Waals surface area contributed by atoms with E-state index in [1.807, 2.05) is 0 Å². The number of rotatable bonds is 9. The van der Waals surface area contributed by atoms with Crippen LogP contribution in [0.15, 0.2) is 18.2 Å². The van der Waals surface area contributed by atoms with E-state index in [0.717, 1.165) is 31.2 Å². The van der Waals surface area contributed by atoms with Crippen molar-refractivity contribution in [1.82, 2.24) is 5.32 Å². The van der Waals surface area contributed by atoms with E-state index >= 15 is 0 Å². The Morgan fingerprint density at radius 2 is 1.86 bits per heavy atom. The van der Waals surface area contributed by atoms with Crippen LogP contribution in [-0.4, -0.2) is 13.2 Å². The minimum Gasteiger partial charge on any atom is -0.493 e. The Labute approximate surface area is 130 Å². The summed E-state index contributed by atoms with van der Waals surface area (Å²) in [6.45, 7) is 8.79. The molecule has 1 aliphatic rings. The predicted molar refractivity (Wildman–Crippen MR) is 90.0 cm³/mol. The fourth-order valence-electron chi connectivity index (χ4n) is 3.48. The summed E-state index contributed by atoms with van der Waals surface area (Å²) in [6, 6.07) is 7.33. The maximum Gasteiger partial charge on any atom is 0.122 e. The Bertz CT molecular complexity index is 424. The summed E-state index contributed by atoms with van der Waals surface area (Å²) in [5.74, 6) is 1.84. The van der Waals surface area contributed by atoms with Gasteiger partial charge in [0.25, 0.3) is 0 Å². The van der Waals surface area contributed by atoms with Crippen LogP contribution in [-0.2, 0) is 6.42 Å². The molecule has 1 aromatic rings. The number of hydrogen-bond donors (Lipinski definition) is 1. The lowest BCUT2D eigenvalue weighted by Crippen LogP contribution is -2.29. The van der Waals surface area contributed by atoms with E-state index in [-0.39, 0.29) is 0 Å². The van der Waals surface area contributed by atoms with E-state index in [1.165, 1.54) is 43.2 Å². The average molecular weight is 289 g/mol. The van der Waals surface area contributed by atoms with E-state index in [9.17, 15) is 0 Å². The molecule has 1 aromatic carbocycles. The number of ether oxygens (including phenoxy) is 1. The lowest BCUT2D eigenvalue weighted by Gasteiger charge is -2.29. The van der Waals surface area contributed by atoms with Crippen molar-refractivity contribution < 1.29 is 4.74 Å². The van der Waals surface area contributed by atoms with Crippen molar-refractivity contribution >= 4 is 0 Å². The molecular formula is C19H31NO. The normalized spacial score (nSPS) is 15.0. The summed E-state index contributed by atoms with van der Waals surface area (Å²) in [6.07, 6.45) is 7.41. The molecule has 0 radical (unpaired) electrons. The highest BCUT2D eigenvalue weighted by atomic mass is 16.5. The highest BCUT2D eigenvalue weighted by molar-refractivity contribution is 5.41. The fraction of sp³-hybridized carbons (Fsp3) is 0.684. The highest BCUT2D eigenvalue weighted by Gasteiger charge is 2.23. The molecule has 1 unspecified atom stereocenters. The predicted octanol–water partition coefficient (Wildman–Crippen LogP) is 4.88. The van der Waals surface area contributed by atoms with Crippen LogP contribution in [0.1, 0.15) is 70.0 Å². The maximum absolute atomic E-state index is 5.65. The smallest absolute Gasteiger partial charge is 0.122 e. The van der Waals surface area contributed by atoms with Gasteiger partial charge >= 0.3 is 0 Å². The second-order valence-electron chi connectivity index (χ2n) is 6.23. The van der Waals surface area contributed by atoms with E-state index in [2.05, 4.69) is 44.3 Å². The van der Waals surface area contributed by atoms with Gasteiger partial charge in [-0.25, -0.2) is 0 Å². The molecule has 1 N–H and O–H groups in total. The van der Waals surface area contributed by atoms with E-state index < -0.39 is 0 Å². The lowest BCUT2D eigenvalue weighted by molar-refractivity contribution is 0.316. The molecule has 0 amide bonds.